The molecule has 2 amide bonds. The second kappa shape index (κ2) is 13.9. The predicted molar refractivity (Wildman–Crippen MR) is 158 cm³/mol. The van der Waals surface area contributed by atoms with Gasteiger partial charge in [-0.25, -0.2) is 8.42 Å². The van der Waals surface area contributed by atoms with Crippen LogP contribution in [-0.2, 0) is 32.6 Å². The number of carbonyl (C=O) groups is 2. The zero-order chi connectivity index (χ0) is 28.6. The normalized spacial score (nSPS) is 13.1. The lowest BCUT2D eigenvalue weighted by Crippen LogP contribution is -2.54. The summed E-state index contributed by atoms with van der Waals surface area (Å²) in [5.41, 5.74) is 2.66. The van der Waals surface area contributed by atoms with Gasteiger partial charge >= 0.3 is 0 Å². The molecule has 0 aliphatic heterocycles. The molecule has 0 spiro atoms. The molecule has 1 N–H and O–H groups in total. The lowest BCUT2D eigenvalue weighted by molar-refractivity contribution is -0.141. The minimum atomic E-state index is -3.91. The number of hydrogen-bond acceptors (Lipinski definition) is 4. The van der Waals surface area contributed by atoms with E-state index < -0.39 is 28.5 Å². The summed E-state index contributed by atoms with van der Waals surface area (Å²) in [7, 11) is -2.53. The maximum atomic E-state index is 13.9. The zero-order valence-electron chi connectivity index (χ0n) is 22.8. The third kappa shape index (κ3) is 8.49. The van der Waals surface area contributed by atoms with Crippen LogP contribution in [0.15, 0.2) is 88.2 Å². The summed E-state index contributed by atoms with van der Waals surface area (Å²) in [6.07, 6.45) is 1.03. The van der Waals surface area contributed by atoms with Gasteiger partial charge in [-0.15, -0.1) is 0 Å². The van der Waals surface area contributed by atoms with Crippen LogP contribution in [0.4, 0.5) is 0 Å². The first-order chi connectivity index (χ1) is 18.5. The molecule has 0 saturated heterocycles. The molecule has 3 rings (SSSR count). The van der Waals surface area contributed by atoms with Crippen molar-refractivity contribution in [3.63, 3.8) is 0 Å². The lowest BCUT2D eigenvalue weighted by Gasteiger charge is -2.33. The summed E-state index contributed by atoms with van der Waals surface area (Å²) in [6, 6.07) is 22.6. The average Bonchev–Trinajstić information content (AvgIpc) is 2.92. The Morgan fingerprint density at radius 2 is 1.54 bits per heavy atom. The predicted octanol–water partition coefficient (Wildman–Crippen LogP) is 4.93. The van der Waals surface area contributed by atoms with Gasteiger partial charge in [0, 0.05) is 30.5 Å². The van der Waals surface area contributed by atoms with Crippen LogP contribution in [-0.4, -0.2) is 55.1 Å². The first-order valence-corrected chi connectivity index (χ1v) is 15.2. The summed E-state index contributed by atoms with van der Waals surface area (Å²) in [5, 5.41) is 3.02. The van der Waals surface area contributed by atoms with Crippen molar-refractivity contribution in [1.29, 1.82) is 0 Å². The molecule has 0 aliphatic rings. The summed E-state index contributed by atoms with van der Waals surface area (Å²) >= 11 is 3.44. The Kier molecular flexibility index (Phi) is 10.9. The van der Waals surface area contributed by atoms with Gasteiger partial charge in [0.15, 0.2) is 0 Å². The van der Waals surface area contributed by atoms with Crippen molar-refractivity contribution in [1.82, 2.24) is 14.5 Å². The summed E-state index contributed by atoms with van der Waals surface area (Å²) in [6.45, 7) is 5.51. The SMILES string of the molecule is CC[C@H](C)NC(=O)[C@H](Cc1ccccc1)N(Cc1ccc(Br)cc1)C(=O)CN(C)S(=O)(=O)c1ccc(C)cc1. The number of halogens is 1. The number of aryl methyl sites for hydroxylation is 1. The third-order valence-electron chi connectivity index (χ3n) is 6.63. The Labute approximate surface area is 240 Å². The molecule has 0 bridgehead atoms. The van der Waals surface area contributed by atoms with Crippen molar-refractivity contribution in [2.24, 2.45) is 0 Å². The number of nitrogens with one attached hydrogen (secondary N) is 1. The van der Waals surface area contributed by atoms with Gasteiger partial charge in [0.2, 0.25) is 21.8 Å². The minimum absolute atomic E-state index is 0.0787. The molecular weight excluding hydrogens is 578 g/mol. The highest BCUT2D eigenvalue weighted by Crippen LogP contribution is 2.20. The average molecular weight is 615 g/mol. The maximum Gasteiger partial charge on any atom is 0.243 e. The molecule has 7 nitrogen and oxygen atoms in total. The van der Waals surface area contributed by atoms with E-state index in [4.69, 9.17) is 0 Å². The number of amides is 2. The van der Waals surface area contributed by atoms with Gasteiger partial charge < -0.3 is 10.2 Å². The molecule has 0 unspecified atom stereocenters. The number of nitrogens with zero attached hydrogens (tertiary/aromatic N) is 2. The highest BCUT2D eigenvalue weighted by Gasteiger charge is 2.33. The van der Waals surface area contributed by atoms with Gasteiger partial charge in [-0.05, 0) is 55.7 Å². The first-order valence-electron chi connectivity index (χ1n) is 12.9. The van der Waals surface area contributed by atoms with Crippen molar-refractivity contribution in [3.8, 4) is 0 Å². The van der Waals surface area contributed by atoms with Crippen molar-refractivity contribution < 1.29 is 18.0 Å². The summed E-state index contributed by atoms with van der Waals surface area (Å²) in [5.74, 6) is -0.737. The second-order valence-electron chi connectivity index (χ2n) is 9.75. The number of hydrogen-bond donors (Lipinski definition) is 1. The Bertz CT molecular complexity index is 1350. The number of rotatable bonds is 12. The van der Waals surface area contributed by atoms with Crippen molar-refractivity contribution in [2.45, 2.75) is 57.1 Å². The standard InChI is InChI=1S/C30H36BrN3O4S/c1-5-23(3)32-30(36)28(19-24-9-7-6-8-10-24)34(20-25-13-15-26(31)16-14-25)29(35)21-33(4)39(37,38)27-17-11-22(2)12-18-27/h6-18,23,28H,5,19-21H2,1-4H3,(H,32,36)/t23-,28-/m0/s1. The number of benzene rings is 3. The Hall–Kier alpha value is -3.01. The van der Waals surface area contributed by atoms with E-state index in [9.17, 15) is 18.0 Å². The smallest absolute Gasteiger partial charge is 0.243 e. The number of likely N-dealkylation sites (N-methyl/N-ethyl adjacent to an activating group) is 1. The van der Waals surface area contributed by atoms with E-state index in [1.54, 1.807) is 12.1 Å². The van der Waals surface area contributed by atoms with Crippen LogP contribution in [0.3, 0.4) is 0 Å². The minimum Gasteiger partial charge on any atom is -0.352 e. The Morgan fingerprint density at radius 3 is 2.13 bits per heavy atom. The first kappa shape index (κ1) is 30.5. The molecule has 0 aliphatic carbocycles. The molecule has 0 radical (unpaired) electrons. The lowest BCUT2D eigenvalue weighted by atomic mass is 10.0. The molecule has 3 aromatic rings. The maximum absolute atomic E-state index is 13.9. The highest BCUT2D eigenvalue weighted by atomic mass is 79.9. The molecule has 0 heterocycles. The number of sulfonamides is 1. The van der Waals surface area contributed by atoms with Gasteiger partial charge in [-0.2, -0.15) is 4.31 Å². The van der Waals surface area contributed by atoms with E-state index in [1.165, 1.54) is 24.1 Å². The molecule has 208 valence electrons. The van der Waals surface area contributed by atoms with Crippen LogP contribution >= 0.6 is 15.9 Å². The molecule has 3 aromatic carbocycles. The van der Waals surface area contributed by atoms with Crippen LogP contribution in [0.2, 0.25) is 0 Å². The van der Waals surface area contributed by atoms with E-state index in [2.05, 4.69) is 21.2 Å². The van der Waals surface area contributed by atoms with E-state index in [0.717, 1.165) is 31.9 Å². The van der Waals surface area contributed by atoms with Gasteiger partial charge in [0.05, 0.1) is 11.4 Å². The molecule has 9 heteroatoms. The quantitative estimate of drug-likeness (QED) is 0.314. The van der Waals surface area contributed by atoms with Crippen LogP contribution < -0.4 is 5.32 Å². The zero-order valence-corrected chi connectivity index (χ0v) is 25.2. The van der Waals surface area contributed by atoms with Crippen LogP contribution in [0, 0.1) is 6.92 Å². The number of carbonyl (C=O) groups excluding carboxylic acids is 2. The molecule has 0 saturated carbocycles. The molecule has 0 aromatic heterocycles. The third-order valence-corrected chi connectivity index (χ3v) is 8.97. The Balaban J connectivity index is 1.97. The molecular formula is C30H36BrN3O4S. The summed E-state index contributed by atoms with van der Waals surface area (Å²) in [4.78, 5) is 29.1. The van der Waals surface area contributed by atoms with Gasteiger partial charge in [-0.3, -0.25) is 9.59 Å². The van der Waals surface area contributed by atoms with E-state index in [1.807, 2.05) is 75.4 Å². The molecule has 39 heavy (non-hydrogen) atoms. The largest absolute Gasteiger partial charge is 0.352 e. The monoisotopic (exact) mass is 613 g/mol. The van der Waals surface area contributed by atoms with Crippen molar-refractivity contribution >= 4 is 37.8 Å². The fraction of sp³-hybridized carbons (Fsp3) is 0.333. The van der Waals surface area contributed by atoms with Crippen molar-refractivity contribution in [2.75, 3.05) is 13.6 Å². The molecule has 2 atom stereocenters. The van der Waals surface area contributed by atoms with Crippen LogP contribution in [0.5, 0.6) is 0 Å². The van der Waals surface area contributed by atoms with E-state index in [0.29, 0.717) is 6.42 Å². The summed E-state index contributed by atoms with van der Waals surface area (Å²) < 4.78 is 28.4. The van der Waals surface area contributed by atoms with E-state index in [-0.39, 0.29) is 23.4 Å². The second-order valence-corrected chi connectivity index (χ2v) is 12.7. The van der Waals surface area contributed by atoms with Gasteiger partial charge in [0.1, 0.15) is 6.04 Å². The molecule has 0 fully saturated rings. The fourth-order valence-electron chi connectivity index (χ4n) is 4.04. The van der Waals surface area contributed by atoms with E-state index >= 15 is 0 Å². The Morgan fingerprint density at radius 1 is 0.923 bits per heavy atom. The van der Waals surface area contributed by atoms with Crippen LogP contribution in [0.1, 0.15) is 37.0 Å². The topological polar surface area (TPSA) is 86.8 Å². The van der Waals surface area contributed by atoms with Gasteiger partial charge in [0.25, 0.3) is 0 Å². The highest BCUT2D eigenvalue weighted by molar-refractivity contribution is 9.10. The van der Waals surface area contributed by atoms with Crippen molar-refractivity contribution in [3.05, 3.63) is 100 Å². The van der Waals surface area contributed by atoms with Gasteiger partial charge in [-0.1, -0.05) is 83.0 Å². The fourth-order valence-corrected chi connectivity index (χ4v) is 5.42. The van der Waals surface area contributed by atoms with Crippen LogP contribution in [0.25, 0.3) is 0 Å².